The third kappa shape index (κ3) is 3.57. The minimum absolute atomic E-state index is 0.0156. The van der Waals surface area contributed by atoms with Crippen molar-refractivity contribution in [2.75, 3.05) is 33.1 Å². The van der Waals surface area contributed by atoms with Crippen molar-refractivity contribution in [3.63, 3.8) is 0 Å². The van der Waals surface area contributed by atoms with E-state index in [0.717, 1.165) is 32.2 Å². The summed E-state index contributed by atoms with van der Waals surface area (Å²) in [6.45, 7) is 1.87. The zero-order chi connectivity index (χ0) is 18.3. The van der Waals surface area contributed by atoms with Crippen LogP contribution in [-0.4, -0.2) is 47.6 Å². The van der Waals surface area contributed by atoms with Gasteiger partial charge in [-0.25, -0.2) is 0 Å². The summed E-state index contributed by atoms with van der Waals surface area (Å²) >= 11 is 12.3. The predicted octanol–water partition coefficient (Wildman–Crippen LogP) is 3.00. The highest BCUT2D eigenvalue weighted by Gasteiger charge is 2.71. The molecule has 2 fully saturated rings. The molecule has 8 heteroatoms. The number of benzene rings is 1. The standard InChI is InChI=1S/C17H23Cl2NO4S/c1-23-15(5-8-24-25(2,21)22)17-10-16(17,6-7-20-11-17)12-3-4-13(18)14(19)9-12/h3-4,9,15,20H,5-8,10-11H2,1-2H3. The molecule has 1 saturated carbocycles. The molecule has 1 saturated heterocycles. The maximum atomic E-state index is 11.2. The highest BCUT2D eigenvalue weighted by atomic mass is 35.5. The van der Waals surface area contributed by atoms with Gasteiger partial charge in [-0.3, -0.25) is 4.18 Å². The largest absolute Gasteiger partial charge is 0.381 e. The number of piperidine rings is 1. The lowest BCUT2D eigenvalue weighted by Gasteiger charge is -2.36. The van der Waals surface area contributed by atoms with Crippen molar-refractivity contribution in [1.82, 2.24) is 5.32 Å². The van der Waals surface area contributed by atoms with Gasteiger partial charge in [0.25, 0.3) is 10.1 Å². The highest BCUT2D eigenvalue weighted by molar-refractivity contribution is 7.85. The van der Waals surface area contributed by atoms with E-state index in [1.54, 1.807) is 7.11 Å². The van der Waals surface area contributed by atoms with Gasteiger partial charge in [0.1, 0.15) is 0 Å². The second-order valence-corrected chi connectivity index (χ2v) is 9.47. The number of ether oxygens (including phenoxy) is 1. The fraction of sp³-hybridized carbons (Fsp3) is 0.647. The second kappa shape index (κ2) is 6.98. The average molecular weight is 408 g/mol. The number of hydrogen-bond acceptors (Lipinski definition) is 5. The van der Waals surface area contributed by atoms with Gasteiger partial charge in [-0.1, -0.05) is 29.3 Å². The van der Waals surface area contributed by atoms with Crippen molar-refractivity contribution in [2.24, 2.45) is 5.41 Å². The molecule has 5 nitrogen and oxygen atoms in total. The van der Waals surface area contributed by atoms with Crippen LogP contribution in [0.25, 0.3) is 0 Å². The van der Waals surface area contributed by atoms with Gasteiger partial charge in [-0.2, -0.15) is 8.42 Å². The van der Waals surface area contributed by atoms with Crippen LogP contribution in [0.4, 0.5) is 0 Å². The van der Waals surface area contributed by atoms with Crippen LogP contribution in [0, 0.1) is 5.41 Å². The molecule has 0 aromatic heterocycles. The van der Waals surface area contributed by atoms with E-state index < -0.39 is 10.1 Å². The summed E-state index contributed by atoms with van der Waals surface area (Å²) < 4.78 is 33.1. The molecule has 0 bridgehead atoms. The lowest BCUT2D eigenvalue weighted by molar-refractivity contribution is 0.00758. The van der Waals surface area contributed by atoms with E-state index in [4.69, 9.17) is 32.1 Å². The molecule has 1 aliphatic carbocycles. The monoisotopic (exact) mass is 407 g/mol. The Hall–Kier alpha value is -0.370. The molecular weight excluding hydrogens is 385 g/mol. The third-order valence-corrected chi connectivity index (χ3v) is 7.00. The average Bonchev–Trinajstić information content (AvgIpc) is 3.24. The molecule has 1 heterocycles. The molecule has 2 aliphatic rings. The van der Waals surface area contributed by atoms with Gasteiger partial charge < -0.3 is 10.1 Å². The summed E-state index contributed by atoms with van der Waals surface area (Å²) in [6.07, 6.45) is 3.44. The van der Waals surface area contributed by atoms with Crippen molar-refractivity contribution < 1.29 is 17.3 Å². The fourth-order valence-electron chi connectivity index (χ4n) is 4.47. The van der Waals surface area contributed by atoms with E-state index in [2.05, 4.69) is 5.32 Å². The van der Waals surface area contributed by atoms with Crippen LogP contribution in [0.1, 0.15) is 24.8 Å². The Bertz CT molecular complexity index is 757. The predicted molar refractivity (Wildman–Crippen MR) is 98.9 cm³/mol. The smallest absolute Gasteiger partial charge is 0.264 e. The SMILES string of the molecule is COC(CCOS(C)(=O)=O)C12CNCCC1(c1ccc(Cl)c(Cl)c1)C2. The van der Waals surface area contributed by atoms with Crippen molar-refractivity contribution >= 4 is 33.3 Å². The molecule has 1 aromatic carbocycles. The van der Waals surface area contributed by atoms with Gasteiger partial charge in [-0.15, -0.1) is 0 Å². The number of nitrogens with one attached hydrogen (secondary N) is 1. The van der Waals surface area contributed by atoms with E-state index in [-0.39, 0.29) is 23.5 Å². The van der Waals surface area contributed by atoms with Gasteiger partial charge >= 0.3 is 0 Å². The van der Waals surface area contributed by atoms with E-state index in [9.17, 15) is 8.42 Å². The molecule has 3 rings (SSSR count). The number of rotatable bonds is 7. The second-order valence-electron chi connectivity index (χ2n) is 7.01. The van der Waals surface area contributed by atoms with Gasteiger partial charge in [0.15, 0.2) is 0 Å². The molecule has 140 valence electrons. The van der Waals surface area contributed by atoms with Crippen LogP contribution in [0.3, 0.4) is 0 Å². The molecule has 0 radical (unpaired) electrons. The number of halogens is 2. The fourth-order valence-corrected chi connectivity index (χ4v) is 5.16. The van der Waals surface area contributed by atoms with Crippen LogP contribution < -0.4 is 5.32 Å². The van der Waals surface area contributed by atoms with Crippen LogP contribution in [0.5, 0.6) is 0 Å². The van der Waals surface area contributed by atoms with Crippen molar-refractivity contribution in [1.29, 1.82) is 0 Å². The van der Waals surface area contributed by atoms with Crippen LogP contribution >= 0.6 is 23.2 Å². The summed E-state index contributed by atoms with van der Waals surface area (Å²) in [4.78, 5) is 0. The van der Waals surface area contributed by atoms with E-state index >= 15 is 0 Å². The normalized spacial score (nSPS) is 29.9. The van der Waals surface area contributed by atoms with Gasteiger partial charge in [0.2, 0.25) is 0 Å². The molecule has 1 N–H and O–H groups in total. The molecular formula is C17H23Cl2NO4S. The first-order chi connectivity index (χ1) is 11.7. The minimum Gasteiger partial charge on any atom is -0.381 e. The Balaban J connectivity index is 1.84. The van der Waals surface area contributed by atoms with Crippen molar-refractivity contribution in [2.45, 2.75) is 30.8 Å². The zero-order valence-corrected chi connectivity index (χ0v) is 16.7. The lowest BCUT2D eigenvalue weighted by atomic mass is 9.77. The quantitative estimate of drug-likeness (QED) is 0.703. The lowest BCUT2D eigenvalue weighted by Crippen LogP contribution is -2.46. The summed E-state index contributed by atoms with van der Waals surface area (Å²) in [6, 6.07) is 5.84. The Labute approximate surface area is 159 Å². The van der Waals surface area contributed by atoms with Gasteiger partial charge in [-0.05, 0) is 43.5 Å². The Kier molecular flexibility index (Phi) is 5.42. The first-order valence-electron chi connectivity index (χ1n) is 8.28. The summed E-state index contributed by atoms with van der Waals surface area (Å²) in [5.74, 6) is 0. The molecule has 25 heavy (non-hydrogen) atoms. The molecule has 0 amide bonds. The van der Waals surface area contributed by atoms with Crippen molar-refractivity contribution in [3.8, 4) is 0 Å². The number of methoxy groups -OCH3 is 1. The first kappa shape index (κ1) is 19.4. The number of fused-ring (bicyclic) bond motifs is 1. The Morgan fingerprint density at radius 2 is 2.08 bits per heavy atom. The van der Waals surface area contributed by atoms with Crippen LogP contribution in [-0.2, 0) is 24.5 Å². The van der Waals surface area contributed by atoms with Gasteiger partial charge in [0.05, 0.1) is 29.0 Å². The third-order valence-electron chi connectivity index (χ3n) is 5.66. The summed E-state index contributed by atoms with van der Waals surface area (Å²) in [5.41, 5.74) is 1.07. The first-order valence-corrected chi connectivity index (χ1v) is 10.8. The Morgan fingerprint density at radius 1 is 1.32 bits per heavy atom. The molecule has 3 unspecified atom stereocenters. The maximum absolute atomic E-state index is 11.2. The van der Waals surface area contributed by atoms with Crippen LogP contribution in [0.2, 0.25) is 10.0 Å². The van der Waals surface area contributed by atoms with E-state index in [1.165, 1.54) is 5.56 Å². The molecule has 1 aromatic rings. The maximum Gasteiger partial charge on any atom is 0.264 e. The summed E-state index contributed by atoms with van der Waals surface area (Å²) in [5, 5.41) is 4.57. The Morgan fingerprint density at radius 3 is 2.72 bits per heavy atom. The molecule has 1 aliphatic heterocycles. The summed E-state index contributed by atoms with van der Waals surface area (Å²) in [7, 11) is -1.77. The minimum atomic E-state index is -3.45. The van der Waals surface area contributed by atoms with Crippen molar-refractivity contribution in [3.05, 3.63) is 33.8 Å². The number of hydrogen-bond donors (Lipinski definition) is 1. The van der Waals surface area contributed by atoms with Gasteiger partial charge in [0, 0.05) is 24.5 Å². The van der Waals surface area contributed by atoms with Crippen LogP contribution in [0.15, 0.2) is 18.2 Å². The van der Waals surface area contributed by atoms with E-state index in [0.29, 0.717) is 16.5 Å². The topological polar surface area (TPSA) is 64.6 Å². The molecule has 0 spiro atoms. The molecule has 3 atom stereocenters. The zero-order valence-electron chi connectivity index (χ0n) is 14.3. The van der Waals surface area contributed by atoms with E-state index in [1.807, 2.05) is 18.2 Å². The highest BCUT2D eigenvalue weighted by Crippen LogP contribution is 2.70.